The average Bonchev–Trinajstić information content (AvgIpc) is 3.36. The van der Waals surface area contributed by atoms with Crippen molar-refractivity contribution in [3.63, 3.8) is 0 Å². The maximum Gasteiger partial charge on any atom is 0.242 e. The number of phenolic OH excluding ortho intramolecular Hbond substituents is 1. The minimum Gasteiger partial charge on any atom is -0.508 e. The van der Waals surface area contributed by atoms with Gasteiger partial charge in [-0.2, -0.15) is 0 Å². The van der Waals surface area contributed by atoms with Crippen molar-refractivity contribution >= 4 is 11.8 Å². The fraction of sp³-hybridized carbons (Fsp3) is 0.680. The number of hydrogen-bond acceptors (Lipinski definition) is 6. The van der Waals surface area contributed by atoms with Crippen LogP contribution in [0.3, 0.4) is 0 Å². The van der Waals surface area contributed by atoms with E-state index in [1.807, 2.05) is 0 Å². The predicted octanol–water partition coefficient (Wildman–Crippen LogP) is 1.42. The van der Waals surface area contributed by atoms with E-state index in [4.69, 9.17) is 5.73 Å². The Labute approximate surface area is 198 Å². The number of rotatable bonds is 17. The smallest absolute Gasteiger partial charge is 0.242 e. The molecule has 1 saturated carbocycles. The van der Waals surface area contributed by atoms with E-state index in [-0.39, 0.29) is 23.5 Å². The topological polar surface area (TPSA) is 129 Å². The molecule has 0 bridgehead atoms. The second-order valence-corrected chi connectivity index (χ2v) is 8.91. The van der Waals surface area contributed by atoms with E-state index in [2.05, 4.69) is 21.3 Å². The molecule has 0 unspecified atom stereocenters. The quantitative estimate of drug-likeness (QED) is 0.195. The summed E-state index contributed by atoms with van der Waals surface area (Å²) in [5.74, 6) is 0.0221. The lowest BCUT2D eigenvalue weighted by atomic mass is 10.0. The minimum absolute atomic E-state index is 0.0141. The number of unbranched alkanes of at least 4 members (excludes halogenated alkanes) is 1. The van der Waals surface area contributed by atoms with Crippen molar-refractivity contribution in [2.24, 2.45) is 11.7 Å². The lowest BCUT2D eigenvalue weighted by Crippen LogP contribution is -2.49. The average molecular weight is 462 g/mol. The number of carbonyl (C=O) groups is 2. The molecule has 33 heavy (non-hydrogen) atoms. The van der Waals surface area contributed by atoms with Gasteiger partial charge in [-0.3, -0.25) is 9.59 Å². The van der Waals surface area contributed by atoms with Crippen molar-refractivity contribution < 1.29 is 14.7 Å². The molecule has 1 aromatic carbocycles. The van der Waals surface area contributed by atoms with Crippen molar-refractivity contribution in [1.82, 2.24) is 21.3 Å². The van der Waals surface area contributed by atoms with Crippen LogP contribution in [0.15, 0.2) is 24.3 Å². The monoisotopic (exact) mass is 461 g/mol. The number of phenols is 1. The molecule has 1 atom stereocenters. The number of carbonyl (C=O) groups excluding carboxylic acids is 2. The van der Waals surface area contributed by atoms with Crippen LogP contribution in [0.25, 0.3) is 0 Å². The molecule has 0 saturated heterocycles. The first-order valence-corrected chi connectivity index (χ1v) is 12.6. The summed E-state index contributed by atoms with van der Waals surface area (Å²) in [6, 6.07) is 6.17. The lowest BCUT2D eigenvalue weighted by Gasteiger charge is -2.21. The molecule has 0 aliphatic heterocycles. The number of amides is 2. The molecule has 1 aliphatic rings. The van der Waals surface area contributed by atoms with Crippen molar-refractivity contribution in [3.8, 4) is 5.75 Å². The maximum atomic E-state index is 12.8. The van der Waals surface area contributed by atoms with Gasteiger partial charge in [0.1, 0.15) is 11.8 Å². The van der Waals surface area contributed by atoms with Gasteiger partial charge in [-0.05, 0) is 88.9 Å². The first kappa shape index (κ1) is 27.1. The zero-order valence-electron chi connectivity index (χ0n) is 19.9. The number of nitrogens with one attached hydrogen (secondary N) is 4. The summed E-state index contributed by atoms with van der Waals surface area (Å²) in [6.07, 6.45) is 8.45. The Bertz CT molecular complexity index is 677. The highest BCUT2D eigenvalue weighted by Crippen LogP contribution is 2.25. The fourth-order valence-corrected chi connectivity index (χ4v) is 4.08. The molecular weight excluding hydrogens is 418 g/mol. The minimum atomic E-state index is -0.609. The summed E-state index contributed by atoms with van der Waals surface area (Å²) < 4.78 is 0. The highest BCUT2D eigenvalue weighted by molar-refractivity contribution is 5.88. The Morgan fingerprint density at radius 2 is 1.52 bits per heavy atom. The van der Waals surface area contributed by atoms with Crippen molar-refractivity contribution in [2.45, 2.75) is 63.8 Å². The first-order chi connectivity index (χ1) is 16.1. The third kappa shape index (κ3) is 11.5. The van der Waals surface area contributed by atoms with E-state index in [9.17, 15) is 14.7 Å². The van der Waals surface area contributed by atoms with Gasteiger partial charge >= 0.3 is 0 Å². The second kappa shape index (κ2) is 16.5. The third-order valence-electron chi connectivity index (χ3n) is 6.08. The van der Waals surface area contributed by atoms with Gasteiger partial charge in [-0.15, -0.1) is 0 Å². The van der Waals surface area contributed by atoms with Crippen LogP contribution in [0.2, 0.25) is 0 Å². The van der Waals surface area contributed by atoms with Crippen molar-refractivity contribution in [1.29, 1.82) is 0 Å². The van der Waals surface area contributed by atoms with E-state index in [0.717, 1.165) is 89.7 Å². The molecule has 2 rings (SSSR count). The van der Waals surface area contributed by atoms with Crippen LogP contribution >= 0.6 is 0 Å². The molecule has 7 N–H and O–H groups in total. The Balaban J connectivity index is 1.66. The molecule has 0 heterocycles. The van der Waals surface area contributed by atoms with Crippen molar-refractivity contribution in [2.75, 3.05) is 39.3 Å². The highest BCUT2D eigenvalue weighted by atomic mass is 16.3. The zero-order valence-corrected chi connectivity index (χ0v) is 19.9. The zero-order chi connectivity index (χ0) is 23.7. The molecule has 1 aliphatic carbocycles. The number of nitrogens with two attached hydrogens (primary N) is 1. The predicted molar refractivity (Wildman–Crippen MR) is 132 cm³/mol. The van der Waals surface area contributed by atoms with Gasteiger partial charge in [0.15, 0.2) is 0 Å². The van der Waals surface area contributed by atoms with Gasteiger partial charge < -0.3 is 32.1 Å². The third-order valence-corrected chi connectivity index (χ3v) is 6.08. The molecule has 2 amide bonds. The van der Waals surface area contributed by atoms with Crippen molar-refractivity contribution in [3.05, 3.63) is 29.8 Å². The van der Waals surface area contributed by atoms with E-state index >= 15 is 0 Å². The Morgan fingerprint density at radius 3 is 2.15 bits per heavy atom. The maximum absolute atomic E-state index is 12.8. The standard InChI is InChI=1S/C25H43N5O3/c26-13-5-16-27-14-3-4-15-28-17-6-18-29-25(33)23(19-20-9-11-22(31)12-10-20)30-24(32)21-7-1-2-8-21/h9-12,21,23,27-28,31H,1-8,13-19,26H2,(H,29,33)(H,30,32)/t23-/m0/s1. The molecule has 8 nitrogen and oxygen atoms in total. The normalized spacial score (nSPS) is 14.8. The van der Waals surface area contributed by atoms with E-state index in [1.165, 1.54) is 0 Å². The van der Waals surface area contributed by atoms with Crippen LogP contribution in [-0.4, -0.2) is 62.2 Å². The van der Waals surface area contributed by atoms with Crippen LogP contribution in [0.4, 0.5) is 0 Å². The number of hydrogen-bond donors (Lipinski definition) is 6. The molecule has 0 radical (unpaired) electrons. The van der Waals surface area contributed by atoms with Crippen LogP contribution in [0, 0.1) is 5.92 Å². The summed E-state index contributed by atoms with van der Waals surface area (Å²) in [7, 11) is 0. The second-order valence-electron chi connectivity index (χ2n) is 8.91. The largest absolute Gasteiger partial charge is 0.508 e. The van der Waals surface area contributed by atoms with E-state index in [1.54, 1.807) is 24.3 Å². The van der Waals surface area contributed by atoms with Crippen LogP contribution in [0.1, 0.15) is 56.9 Å². The Hall–Kier alpha value is -2.16. The summed E-state index contributed by atoms with van der Waals surface area (Å²) in [5.41, 5.74) is 6.37. The molecular formula is C25H43N5O3. The molecule has 1 fully saturated rings. The van der Waals surface area contributed by atoms with Crippen LogP contribution < -0.4 is 27.0 Å². The number of benzene rings is 1. The molecule has 8 heteroatoms. The van der Waals surface area contributed by atoms with Crippen LogP contribution in [0.5, 0.6) is 5.75 Å². The summed E-state index contributed by atoms with van der Waals surface area (Å²) in [6.45, 7) is 5.12. The molecule has 0 spiro atoms. The van der Waals surface area contributed by atoms with E-state index < -0.39 is 6.04 Å². The van der Waals surface area contributed by atoms with Gasteiger partial charge in [-0.1, -0.05) is 25.0 Å². The van der Waals surface area contributed by atoms with Gasteiger partial charge in [0.2, 0.25) is 11.8 Å². The first-order valence-electron chi connectivity index (χ1n) is 12.6. The lowest BCUT2D eigenvalue weighted by molar-refractivity contribution is -0.131. The summed E-state index contributed by atoms with van der Waals surface area (Å²) in [5, 5.41) is 22.2. The Kier molecular flexibility index (Phi) is 13.5. The SMILES string of the molecule is NCCCNCCCCNCCCNC(=O)[C@H](Cc1ccc(O)cc1)NC(=O)C1CCCC1. The molecule has 186 valence electrons. The Morgan fingerprint density at radius 1 is 0.909 bits per heavy atom. The van der Waals surface area contributed by atoms with Gasteiger partial charge in [0, 0.05) is 18.9 Å². The number of aromatic hydroxyl groups is 1. The van der Waals surface area contributed by atoms with Gasteiger partial charge in [0.05, 0.1) is 0 Å². The van der Waals surface area contributed by atoms with Gasteiger partial charge in [-0.25, -0.2) is 0 Å². The highest BCUT2D eigenvalue weighted by Gasteiger charge is 2.27. The molecule has 0 aromatic heterocycles. The van der Waals surface area contributed by atoms with Crippen LogP contribution in [-0.2, 0) is 16.0 Å². The van der Waals surface area contributed by atoms with Gasteiger partial charge in [0.25, 0.3) is 0 Å². The summed E-state index contributed by atoms with van der Waals surface area (Å²) >= 11 is 0. The van der Waals surface area contributed by atoms with E-state index in [0.29, 0.717) is 13.0 Å². The summed E-state index contributed by atoms with van der Waals surface area (Å²) in [4.78, 5) is 25.5. The molecule has 1 aromatic rings. The fourth-order valence-electron chi connectivity index (χ4n) is 4.08.